The highest BCUT2D eigenvalue weighted by Gasteiger charge is 2.09. The molecule has 0 aliphatic carbocycles. The van der Waals surface area contributed by atoms with Gasteiger partial charge in [0.25, 0.3) is 0 Å². The van der Waals surface area contributed by atoms with Crippen LogP contribution in [0.5, 0.6) is 0 Å². The number of aromatic nitrogens is 1. The molecule has 0 radical (unpaired) electrons. The van der Waals surface area contributed by atoms with Gasteiger partial charge in [-0.15, -0.1) is 23.1 Å². The van der Waals surface area contributed by atoms with E-state index in [1.807, 2.05) is 5.38 Å². The highest BCUT2D eigenvalue weighted by Crippen LogP contribution is 2.26. The van der Waals surface area contributed by atoms with Crippen LogP contribution in [0.15, 0.2) is 34.5 Å². The standard InChI is InChI=1S/C18H25N3OS3/c1-4-21(5-2)10-11-24-13-17(22)20-18-19-16(12-25-18)14-6-8-15(23-3)9-7-14/h6-9,12H,4-5,10-11,13H2,1-3H3,(H,19,20,22). The van der Waals surface area contributed by atoms with Crippen molar-refractivity contribution in [2.45, 2.75) is 18.7 Å². The molecule has 2 rings (SSSR count). The quantitative estimate of drug-likeness (QED) is 0.472. The summed E-state index contributed by atoms with van der Waals surface area (Å²) in [6, 6.07) is 8.30. The van der Waals surface area contributed by atoms with Crippen LogP contribution < -0.4 is 5.32 Å². The van der Waals surface area contributed by atoms with Crippen molar-refractivity contribution in [2.24, 2.45) is 0 Å². The largest absolute Gasteiger partial charge is 0.303 e. The van der Waals surface area contributed by atoms with Gasteiger partial charge < -0.3 is 10.2 Å². The summed E-state index contributed by atoms with van der Waals surface area (Å²) in [6.45, 7) is 7.47. The van der Waals surface area contributed by atoms with Crippen LogP contribution in [-0.4, -0.2) is 53.2 Å². The number of benzene rings is 1. The van der Waals surface area contributed by atoms with E-state index in [1.54, 1.807) is 23.5 Å². The Balaban J connectivity index is 1.79. The van der Waals surface area contributed by atoms with Gasteiger partial charge in [-0.1, -0.05) is 26.0 Å². The van der Waals surface area contributed by atoms with Crippen molar-refractivity contribution >= 4 is 45.9 Å². The van der Waals surface area contributed by atoms with Crippen molar-refractivity contribution in [3.8, 4) is 11.3 Å². The van der Waals surface area contributed by atoms with Crippen molar-refractivity contribution in [3.63, 3.8) is 0 Å². The number of nitrogens with one attached hydrogen (secondary N) is 1. The molecule has 2 aromatic rings. The Labute approximate surface area is 162 Å². The van der Waals surface area contributed by atoms with E-state index in [4.69, 9.17) is 0 Å². The molecule has 1 N–H and O–H groups in total. The molecule has 0 spiro atoms. The third-order valence-corrected chi connectivity index (χ3v) is 6.25. The van der Waals surface area contributed by atoms with Gasteiger partial charge in [-0.3, -0.25) is 4.79 Å². The van der Waals surface area contributed by atoms with Crippen molar-refractivity contribution in [3.05, 3.63) is 29.6 Å². The first-order valence-corrected chi connectivity index (χ1v) is 11.6. The maximum absolute atomic E-state index is 12.0. The van der Waals surface area contributed by atoms with Gasteiger partial charge in [-0.25, -0.2) is 4.98 Å². The highest BCUT2D eigenvalue weighted by molar-refractivity contribution is 8.00. The van der Waals surface area contributed by atoms with Crippen LogP contribution in [0.3, 0.4) is 0 Å². The summed E-state index contributed by atoms with van der Waals surface area (Å²) in [7, 11) is 0. The summed E-state index contributed by atoms with van der Waals surface area (Å²) >= 11 is 4.86. The molecule has 7 heteroatoms. The van der Waals surface area contributed by atoms with Crippen LogP contribution >= 0.6 is 34.9 Å². The summed E-state index contributed by atoms with van der Waals surface area (Å²) in [5.74, 6) is 1.46. The van der Waals surface area contributed by atoms with Crippen molar-refractivity contribution in [1.29, 1.82) is 0 Å². The molecule has 0 aliphatic rings. The van der Waals surface area contributed by atoms with Gasteiger partial charge in [0.1, 0.15) is 0 Å². The number of anilines is 1. The summed E-state index contributed by atoms with van der Waals surface area (Å²) in [6.07, 6.45) is 2.06. The van der Waals surface area contributed by atoms with E-state index in [2.05, 4.69) is 59.6 Å². The number of thiazole rings is 1. The monoisotopic (exact) mass is 395 g/mol. The second kappa shape index (κ2) is 10.9. The van der Waals surface area contributed by atoms with Crippen LogP contribution in [0.1, 0.15) is 13.8 Å². The molecule has 0 fully saturated rings. The van der Waals surface area contributed by atoms with Crippen LogP contribution in [0.2, 0.25) is 0 Å². The van der Waals surface area contributed by atoms with Crippen LogP contribution in [-0.2, 0) is 4.79 Å². The zero-order valence-corrected chi connectivity index (χ0v) is 17.4. The van der Waals surface area contributed by atoms with Crippen molar-refractivity contribution in [2.75, 3.05) is 42.7 Å². The van der Waals surface area contributed by atoms with Gasteiger partial charge in [0, 0.05) is 28.1 Å². The van der Waals surface area contributed by atoms with Gasteiger partial charge >= 0.3 is 0 Å². The molecular weight excluding hydrogens is 370 g/mol. The first-order chi connectivity index (χ1) is 12.2. The molecule has 1 heterocycles. The van der Waals surface area contributed by atoms with E-state index in [-0.39, 0.29) is 5.91 Å². The van der Waals surface area contributed by atoms with Gasteiger partial charge in [0.05, 0.1) is 11.4 Å². The van der Waals surface area contributed by atoms with Gasteiger partial charge in [0.2, 0.25) is 5.91 Å². The first kappa shape index (κ1) is 20.3. The lowest BCUT2D eigenvalue weighted by atomic mass is 10.2. The van der Waals surface area contributed by atoms with E-state index in [0.29, 0.717) is 10.9 Å². The lowest BCUT2D eigenvalue weighted by Gasteiger charge is -2.17. The minimum Gasteiger partial charge on any atom is -0.303 e. The third-order valence-electron chi connectivity index (χ3n) is 3.82. The number of rotatable bonds is 10. The number of hydrogen-bond donors (Lipinski definition) is 1. The smallest absolute Gasteiger partial charge is 0.236 e. The Morgan fingerprint density at radius 1 is 1.24 bits per heavy atom. The predicted octanol–water partition coefficient (Wildman–Crippen LogP) is 4.55. The van der Waals surface area contributed by atoms with E-state index in [0.717, 1.165) is 36.6 Å². The third kappa shape index (κ3) is 6.66. The van der Waals surface area contributed by atoms with Gasteiger partial charge in [-0.2, -0.15) is 11.8 Å². The molecule has 0 unspecified atom stereocenters. The molecule has 0 saturated heterocycles. The fraction of sp³-hybridized carbons (Fsp3) is 0.444. The number of nitrogens with zero attached hydrogens (tertiary/aromatic N) is 2. The molecule has 4 nitrogen and oxygen atoms in total. The molecule has 25 heavy (non-hydrogen) atoms. The Hall–Kier alpha value is -1.02. The normalized spacial score (nSPS) is 11.0. The Morgan fingerprint density at radius 3 is 2.60 bits per heavy atom. The van der Waals surface area contributed by atoms with Gasteiger partial charge in [-0.05, 0) is 31.5 Å². The predicted molar refractivity (Wildman–Crippen MR) is 113 cm³/mol. The molecule has 0 saturated carbocycles. The number of carbonyl (C=O) groups excluding carboxylic acids is 1. The van der Waals surface area contributed by atoms with E-state index < -0.39 is 0 Å². The van der Waals surface area contributed by atoms with Crippen LogP contribution in [0.4, 0.5) is 5.13 Å². The molecule has 1 aromatic heterocycles. The summed E-state index contributed by atoms with van der Waals surface area (Å²) < 4.78 is 0. The highest BCUT2D eigenvalue weighted by atomic mass is 32.2. The average molecular weight is 396 g/mol. The molecule has 136 valence electrons. The number of thioether (sulfide) groups is 2. The Bertz CT molecular complexity index is 654. The van der Waals surface area contributed by atoms with Crippen molar-refractivity contribution < 1.29 is 4.79 Å². The number of carbonyl (C=O) groups is 1. The average Bonchev–Trinajstić information content (AvgIpc) is 3.10. The molecule has 0 aliphatic heterocycles. The summed E-state index contributed by atoms with van der Waals surface area (Å²) in [5, 5.41) is 5.55. The minimum atomic E-state index is 0.0168. The first-order valence-electron chi connectivity index (χ1n) is 8.36. The molecule has 1 aromatic carbocycles. The van der Waals surface area contributed by atoms with Crippen molar-refractivity contribution in [1.82, 2.24) is 9.88 Å². The summed E-state index contributed by atoms with van der Waals surface area (Å²) in [5.41, 5.74) is 1.98. The summed E-state index contributed by atoms with van der Waals surface area (Å²) in [4.78, 5) is 20.2. The van der Waals surface area contributed by atoms with Crippen LogP contribution in [0, 0.1) is 0 Å². The zero-order chi connectivity index (χ0) is 18.1. The maximum atomic E-state index is 12.0. The fourth-order valence-electron chi connectivity index (χ4n) is 2.28. The molecule has 1 amide bonds. The minimum absolute atomic E-state index is 0.0168. The SMILES string of the molecule is CCN(CC)CCSCC(=O)Nc1nc(-c2ccc(SC)cc2)cs1. The fourth-order valence-corrected chi connectivity index (χ4v) is 4.21. The zero-order valence-electron chi connectivity index (χ0n) is 14.9. The molecular formula is C18H25N3OS3. The van der Waals surface area contributed by atoms with E-state index >= 15 is 0 Å². The number of amides is 1. The second-order valence-corrected chi connectivity index (χ2v) is 8.24. The van der Waals surface area contributed by atoms with Crippen LogP contribution in [0.25, 0.3) is 11.3 Å². The lowest BCUT2D eigenvalue weighted by molar-refractivity contribution is -0.113. The van der Waals surface area contributed by atoms with E-state index in [1.165, 1.54) is 16.2 Å². The van der Waals surface area contributed by atoms with E-state index in [9.17, 15) is 4.79 Å². The number of hydrogen-bond acceptors (Lipinski definition) is 6. The van der Waals surface area contributed by atoms with Gasteiger partial charge in [0.15, 0.2) is 5.13 Å². The molecule has 0 bridgehead atoms. The Morgan fingerprint density at radius 2 is 1.96 bits per heavy atom. The second-order valence-electron chi connectivity index (χ2n) is 5.39. The topological polar surface area (TPSA) is 45.2 Å². The Kier molecular flexibility index (Phi) is 8.81. The maximum Gasteiger partial charge on any atom is 0.236 e. The molecule has 0 atom stereocenters. The lowest BCUT2D eigenvalue weighted by Crippen LogP contribution is -2.26.